The van der Waals surface area contributed by atoms with Gasteiger partial charge in [0, 0.05) is 56.4 Å². The van der Waals surface area contributed by atoms with Gasteiger partial charge in [0.1, 0.15) is 5.75 Å². The van der Waals surface area contributed by atoms with Crippen molar-refractivity contribution in [3.8, 4) is 5.75 Å². The van der Waals surface area contributed by atoms with Crippen LogP contribution in [0.5, 0.6) is 5.75 Å². The van der Waals surface area contributed by atoms with E-state index in [1.165, 1.54) is 0 Å². The zero-order valence-corrected chi connectivity index (χ0v) is 21.9. The maximum absolute atomic E-state index is 12.7. The van der Waals surface area contributed by atoms with Gasteiger partial charge < -0.3 is 19.9 Å². The number of benzene rings is 1. The Balaban J connectivity index is 0.00000341. The molecule has 31 heavy (non-hydrogen) atoms. The Morgan fingerprint density at radius 1 is 1.16 bits per heavy atom. The number of likely N-dealkylation sites (tertiary alicyclic amines) is 1. The van der Waals surface area contributed by atoms with Gasteiger partial charge in [0.2, 0.25) is 5.91 Å². The molecule has 0 spiro atoms. The number of piperazine rings is 1. The van der Waals surface area contributed by atoms with E-state index in [1.54, 1.807) is 7.11 Å². The van der Waals surface area contributed by atoms with Crippen LogP contribution in [0.1, 0.15) is 32.3 Å². The molecule has 1 N–H and O–H groups in total. The van der Waals surface area contributed by atoms with Gasteiger partial charge in [-0.3, -0.25) is 9.69 Å². The van der Waals surface area contributed by atoms with Crippen molar-refractivity contribution in [3.63, 3.8) is 0 Å². The fourth-order valence-electron chi connectivity index (χ4n) is 4.11. The number of nitrogens with zero attached hydrogens (tertiary/aromatic N) is 4. The SMILES string of the molecule is CCNC(=NCc1ccc(Cl)cc1OC)N1CCN(C(C)C(=O)N2CCCC2)CC1.I. The molecule has 1 aromatic carbocycles. The summed E-state index contributed by atoms with van der Waals surface area (Å²) >= 11 is 6.06. The lowest BCUT2D eigenvalue weighted by Gasteiger charge is -2.39. The van der Waals surface area contributed by atoms with Crippen molar-refractivity contribution in [2.45, 2.75) is 39.3 Å². The van der Waals surface area contributed by atoms with E-state index in [0.717, 1.165) is 75.9 Å². The molecule has 2 saturated heterocycles. The van der Waals surface area contributed by atoms with Gasteiger partial charge >= 0.3 is 0 Å². The Morgan fingerprint density at radius 3 is 2.45 bits per heavy atom. The summed E-state index contributed by atoms with van der Waals surface area (Å²) < 4.78 is 5.44. The number of aliphatic imine (C=N–C) groups is 1. The molecule has 7 nitrogen and oxygen atoms in total. The standard InChI is InChI=1S/C22H34ClN5O2.HI/c1-4-24-22(25-16-18-7-8-19(23)15-20(18)30-3)28-13-11-26(12-14-28)17(2)21(29)27-9-5-6-10-27;/h7-8,15,17H,4-6,9-14,16H2,1-3H3,(H,24,25);1H. The topological polar surface area (TPSA) is 60.4 Å². The molecule has 0 bridgehead atoms. The number of carbonyl (C=O) groups excluding carboxylic acids is 1. The first-order valence-electron chi connectivity index (χ1n) is 10.9. The number of amides is 1. The average molecular weight is 564 g/mol. The summed E-state index contributed by atoms with van der Waals surface area (Å²) in [6.07, 6.45) is 2.26. The maximum Gasteiger partial charge on any atom is 0.239 e. The van der Waals surface area contributed by atoms with Crippen molar-refractivity contribution in [1.29, 1.82) is 0 Å². The van der Waals surface area contributed by atoms with Gasteiger partial charge in [0.15, 0.2) is 5.96 Å². The Bertz CT molecular complexity index is 749. The second-order valence-corrected chi connectivity index (χ2v) is 8.29. The number of ether oxygens (including phenoxy) is 1. The molecule has 0 aromatic heterocycles. The molecule has 0 aliphatic carbocycles. The van der Waals surface area contributed by atoms with Gasteiger partial charge in [-0.2, -0.15) is 0 Å². The van der Waals surface area contributed by atoms with Crippen LogP contribution >= 0.6 is 35.6 Å². The smallest absolute Gasteiger partial charge is 0.239 e. The van der Waals surface area contributed by atoms with Gasteiger partial charge in [0.05, 0.1) is 19.7 Å². The highest BCUT2D eigenvalue weighted by Gasteiger charge is 2.30. The van der Waals surface area contributed by atoms with Crippen molar-refractivity contribution in [1.82, 2.24) is 20.0 Å². The Hall–Kier alpha value is -1.26. The minimum Gasteiger partial charge on any atom is -0.496 e. The zero-order chi connectivity index (χ0) is 21.5. The second-order valence-electron chi connectivity index (χ2n) is 7.86. The van der Waals surface area contributed by atoms with Crippen molar-refractivity contribution >= 4 is 47.4 Å². The minimum absolute atomic E-state index is 0. The lowest BCUT2D eigenvalue weighted by Crippen LogP contribution is -2.57. The number of nitrogens with one attached hydrogen (secondary N) is 1. The van der Waals surface area contributed by atoms with E-state index in [-0.39, 0.29) is 35.9 Å². The summed E-state index contributed by atoms with van der Waals surface area (Å²) in [6, 6.07) is 5.58. The molecule has 9 heteroatoms. The lowest BCUT2D eigenvalue weighted by molar-refractivity contribution is -0.135. The van der Waals surface area contributed by atoms with Crippen LogP contribution in [0, 0.1) is 0 Å². The summed E-state index contributed by atoms with van der Waals surface area (Å²) in [7, 11) is 1.65. The Morgan fingerprint density at radius 2 is 1.84 bits per heavy atom. The monoisotopic (exact) mass is 563 g/mol. The molecule has 1 aromatic rings. The lowest BCUT2D eigenvalue weighted by atomic mass is 10.2. The van der Waals surface area contributed by atoms with E-state index in [9.17, 15) is 4.79 Å². The van der Waals surface area contributed by atoms with E-state index < -0.39 is 0 Å². The number of hydrogen-bond donors (Lipinski definition) is 1. The summed E-state index contributed by atoms with van der Waals surface area (Å²) in [4.78, 5) is 24.1. The molecule has 0 radical (unpaired) electrons. The third-order valence-electron chi connectivity index (χ3n) is 5.92. The van der Waals surface area contributed by atoms with Crippen LogP contribution in [0.3, 0.4) is 0 Å². The van der Waals surface area contributed by atoms with Crippen molar-refractivity contribution in [2.24, 2.45) is 4.99 Å². The molecule has 3 rings (SSSR count). The predicted molar refractivity (Wildman–Crippen MR) is 137 cm³/mol. The van der Waals surface area contributed by atoms with E-state index in [4.69, 9.17) is 21.3 Å². The molecule has 0 saturated carbocycles. The minimum atomic E-state index is -0.0527. The van der Waals surface area contributed by atoms with E-state index in [0.29, 0.717) is 11.6 Å². The third-order valence-corrected chi connectivity index (χ3v) is 6.15. The summed E-state index contributed by atoms with van der Waals surface area (Å²) in [5, 5.41) is 4.05. The highest BCUT2D eigenvalue weighted by atomic mass is 127. The largest absolute Gasteiger partial charge is 0.496 e. The fraction of sp³-hybridized carbons (Fsp3) is 0.636. The molecule has 2 aliphatic heterocycles. The number of guanidine groups is 1. The van der Waals surface area contributed by atoms with Crippen LogP contribution in [0.4, 0.5) is 0 Å². The molecule has 2 aliphatic rings. The molecule has 2 heterocycles. The second kappa shape index (κ2) is 12.7. The average Bonchev–Trinajstić information content (AvgIpc) is 3.31. The van der Waals surface area contributed by atoms with Crippen LogP contribution in [0.25, 0.3) is 0 Å². The quantitative estimate of drug-likeness (QED) is 0.328. The van der Waals surface area contributed by atoms with Gasteiger partial charge in [-0.05, 0) is 38.8 Å². The molecule has 174 valence electrons. The first-order valence-corrected chi connectivity index (χ1v) is 11.3. The molecule has 1 atom stereocenters. The molecule has 1 amide bonds. The fourth-order valence-corrected chi connectivity index (χ4v) is 4.28. The summed E-state index contributed by atoms with van der Waals surface area (Å²) in [5.41, 5.74) is 1.00. The highest BCUT2D eigenvalue weighted by Crippen LogP contribution is 2.24. The molecular weight excluding hydrogens is 529 g/mol. The van der Waals surface area contributed by atoms with Gasteiger partial charge in [-0.25, -0.2) is 4.99 Å². The van der Waals surface area contributed by atoms with Gasteiger partial charge in [0.25, 0.3) is 0 Å². The predicted octanol–water partition coefficient (Wildman–Crippen LogP) is 3.06. The maximum atomic E-state index is 12.7. The van der Waals surface area contributed by atoms with E-state index in [2.05, 4.69) is 22.0 Å². The van der Waals surface area contributed by atoms with E-state index in [1.807, 2.05) is 30.0 Å². The van der Waals surface area contributed by atoms with Crippen LogP contribution in [0.15, 0.2) is 23.2 Å². The third kappa shape index (κ3) is 6.86. The molecule has 2 fully saturated rings. The number of hydrogen-bond acceptors (Lipinski definition) is 4. The normalized spacial score (nSPS) is 18.5. The number of rotatable bonds is 6. The van der Waals surface area contributed by atoms with Gasteiger partial charge in [-0.15, -0.1) is 24.0 Å². The van der Waals surface area contributed by atoms with Crippen LogP contribution < -0.4 is 10.1 Å². The number of carbonyl (C=O) groups is 1. The summed E-state index contributed by atoms with van der Waals surface area (Å²) in [6.45, 7) is 10.7. The highest BCUT2D eigenvalue weighted by molar-refractivity contribution is 14.0. The van der Waals surface area contributed by atoms with Crippen LogP contribution in [0.2, 0.25) is 5.02 Å². The first-order chi connectivity index (χ1) is 14.5. The summed E-state index contributed by atoms with van der Waals surface area (Å²) in [5.74, 6) is 1.92. The van der Waals surface area contributed by atoms with Crippen molar-refractivity contribution in [2.75, 3.05) is 52.9 Å². The van der Waals surface area contributed by atoms with Crippen molar-refractivity contribution < 1.29 is 9.53 Å². The first kappa shape index (κ1) is 26.0. The van der Waals surface area contributed by atoms with Crippen LogP contribution in [-0.4, -0.2) is 85.5 Å². The van der Waals surface area contributed by atoms with Crippen LogP contribution in [-0.2, 0) is 11.3 Å². The number of methoxy groups -OCH3 is 1. The van der Waals surface area contributed by atoms with E-state index >= 15 is 0 Å². The molecule has 1 unspecified atom stereocenters. The van der Waals surface area contributed by atoms with Gasteiger partial charge in [-0.1, -0.05) is 17.7 Å². The number of halogens is 2. The zero-order valence-electron chi connectivity index (χ0n) is 18.8. The molecular formula is C22H35ClIN5O2. The Labute approximate surface area is 208 Å². The van der Waals surface area contributed by atoms with Crippen molar-refractivity contribution in [3.05, 3.63) is 28.8 Å². The Kier molecular flexibility index (Phi) is 10.6.